The smallest absolute Gasteiger partial charge is 0.246 e. The maximum atomic E-state index is 13.3. The van der Waals surface area contributed by atoms with E-state index < -0.39 is 21.9 Å². The number of furan rings is 1. The van der Waals surface area contributed by atoms with Gasteiger partial charge in [0.25, 0.3) is 0 Å². The third-order valence-corrected chi connectivity index (χ3v) is 5.61. The minimum Gasteiger partial charge on any atom is -0.465 e. The molecule has 1 saturated heterocycles. The number of amides is 1. The Bertz CT molecular complexity index is 894. The summed E-state index contributed by atoms with van der Waals surface area (Å²) in [6.45, 7) is 0.815. The Morgan fingerprint density at radius 1 is 1.31 bits per heavy atom. The average Bonchev–Trinajstić information content (AvgIpc) is 3.13. The quantitative estimate of drug-likeness (QED) is 0.811. The first-order chi connectivity index (χ1) is 12.4. The SMILES string of the molecule is O=C(C=Cc1ccco1)N1CCCC(NS(=O)(=O)c2cccc(F)c2)C1. The molecule has 1 unspecified atom stereocenters. The highest BCUT2D eigenvalue weighted by atomic mass is 32.2. The van der Waals surface area contributed by atoms with Gasteiger partial charge in [0.05, 0.1) is 11.2 Å². The summed E-state index contributed by atoms with van der Waals surface area (Å²) in [6, 6.07) is 7.88. The van der Waals surface area contributed by atoms with Crippen molar-refractivity contribution in [1.29, 1.82) is 0 Å². The van der Waals surface area contributed by atoms with E-state index in [4.69, 9.17) is 4.42 Å². The molecular formula is C18H19FN2O4S. The monoisotopic (exact) mass is 378 g/mol. The first-order valence-corrected chi connectivity index (χ1v) is 9.71. The van der Waals surface area contributed by atoms with E-state index in [-0.39, 0.29) is 17.3 Å². The second-order valence-electron chi connectivity index (χ2n) is 6.05. The van der Waals surface area contributed by atoms with E-state index in [0.717, 1.165) is 6.07 Å². The topological polar surface area (TPSA) is 79.6 Å². The Kier molecular flexibility index (Phi) is 5.53. The van der Waals surface area contributed by atoms with Gasteiger partial charge in [-0.2, -0.15) is 0 Å². The van der Waals surface area contributed by atoms with E-state index in [1.54, 1.807) is 23.1 Å². The molecule has 8 heteroatoms. The van der Waals surface area contributed by atoms with Gasteiger partial charge in [0.2, 0.25) is 15.9 Å². The molecule has 138 valence electrons. The van der Waals surface area contributed by atoms with Crippen LogP contribution in [0.4, 0.5) is 4.39 Å². The summed E-state index contributed by atoms with van der Waals surface area (Å²) in [5, 5.41) is 0. The number of sulfonamides is 1. The van der Waals surface area contributed by atoms with Crippen LogP contribution in [0.25, 0.3) is 6.08 Å². The molecule has 1 amide bonds. The summed E-state index contributed by atoms with van der Waals surface area (Å²) in [5.74, 6) is -0.258. The number of carbonyl (C=O) groups is 1. The van der Waals surface area contributed by atoms with Gasteiger partial charge in [-0.3, -0.25) is 4.79 Å². The van der Waals surface area contributed by atoms with Crippen LogP contribution >= 0.6 is 0 Å². The maximum absolute atomic E-state index is 13.3. The van der Waals surface area contributed by atoms with Gasteiger partial charge in [0.15, 0.2) is 0 Å². The molecule has 1 aromatic carbocycles. The molecule has 2 heterocycles. The number of hydrogen-bond donors (Lipinski definition) is 1. The maximum Gasteiger partial charge on any atom is 0.246 e. The zero-order valence-electron chi connectivity index (χ0n) is 14.0. The normalized spacial score (nSPS) is 18.3. The summed E-state index contributed by atoms with van der Waals surface area (Å²) in [7, 11) is -3.84. The van der Waals surface area contributed by atoms with Crippen molar-refractivity contribution in [3.8, 4) is 0 Å². The van der Waals surface area contributed by atoms with Crippen LogP contribution in [0.15, 0.2) is 58.1 Å². The molecule has 1 fully saturated rings. The Labute approximate surface area is 151 Å². The van der Waals surface area contributed by atoms with Crippen molar-refractivity contribution in [3.05, 3.63) is 60.3 Å². The first-order valence-electron chi connectivity index (χ1n) is 8.22. The Hall–Kier alpha value is -2.45. The molecule has 6 nitrogen and oxygen atoms in total. The summed E-state index contributed by atoms with van der Waals surface area (Å²) in [6.07, 6.45) is 5.78. The minimum absolute atomic E-state index is 0.126. The van der Waals surface area contributed by atoms with E-state index in [2.05, 4.69) is 4.72 Å². The number of nitrogens with zero attached hydrogens (tertiary/aromatic N) is 1. The summed E-state index contributed by atoms with van der Waals surface area (Å²) < 4.78 is 45.8. The predicted octanol–water partition coefficient (Wildman–Crippen LogP) is 2.40. The van der Waals surface area contributed by atoms with Crippen molar-refractivity contribution in [2.75, 3.05) is 13.1 Å². The lowest BCUT2D eigenvalue weighted by Gasteiger charge is -2.32. The van der Waals surface area contributed by atoms with Crippen LogP contribution < -0.4 is 4.72 Å². The summed E-state index contributed by atoms with van der Waals surface area (Å²) >= 11 is 0. The highest BCUT2D eigenvalue weighted by Crippen LogP contribution is 2.16. The molecule has 3 rings (SSSR count). The lowest BCUT2D eigenvalue weighted by Crippen LogP contribution is -2.49. The summed E-state index contributed by atoms with van der Waals surface area (Å²) in [4.78, 5) is 13.7. The zero-order valence-corrected chi connectivity index (χ0v) is 14.8. The molecule has 0 aliphatic carbocycles. The number of likely N-dealkylation sites (tertiary alicyclic amines) is 1. The first kappa shape index (κ1) is 18.3. The van der Waals surface area contributed by atoms with Gasteiger partial charge in [-0.25, -0.2) is 17.5 Å². The zero-order chi connectivity index (χ0) is 18.6. The number of nitrogens with one attached hydrogen (secondary N) is 1. The van der Waals surface area contributed by atoms with Crippen LogP contribution in [0.2, 0.25) is 0 Å². The predicted molar refractivity (Wildman–Crippen MR) is 94.1 cm³/mol. The fourth-order valence-electron chi connectivity index (χ4n) is 2.84. The molecule has 1 aliphatic heterocycles. The fourth-order valence-corrected chi connectivity index (χ4v) is 4.13. The van der Waals surface area contributed by atoms with Crippen LogP contribution in [-0.4, -0.2) is 38.4 Å². The van der Waals surface area contributed by atoms with Crippen molar-refractivity contribution in [3.63, 3.8) is 0 Å². The third-order valence-electron chi connectivity index (χ3n) is 4.09. The largest absolute Gasteiger partial charge is 0.465 e. The Balaban J connectivity index is 1.64. The number of hydrogen-bond acceptors (Lipinski definition) is 4. The molecule has 1 aliphatic rings. The average molecular weight is 378 g/mol. The molecule has 0 spiro atoms. The van der Waals surface area contributed by atoms with Crippen LogP contribution in [0.1, 0.15) is 18.6 Å². The van der Waals surface area contributed by atoms with Crippen molar-refractivity contribution in [1.82, 2.24) is 9.62 Å². The van der Waals surface area contributed by atoms with Gasteiger partial charge in [-0.1, -0.05) is 6.07 Å². The van der Waals surface area contributed by atoms with E-state index in [0.29, 0.717) is 25.1 Å². The number of carbonyl (C=O) groups excluding carboxylic acids is 1. The van der Waals surface area contributed by atoms with Gasteiger partial charge in [-0.05, 0) is 49.2 Å². The van der Waals surface area contributed by atoms with Crippen LogP contribution in [-0.2, 0) is 14.8 Å². The number of piperidine rings is 1. The Morgan fingerprint density at radius 2 is 2.15 bits per heavy atom. The second-order valence-corrected chi connectivity index (χ2v) is 7.76. The van der Waals surface area contributed by atoms with Gasteiger partial charge >= 0.3 is 0 Å². The standard InChI is InChI=1S/C18H19FN2O4S/c19-14-4-1-7-17(12-14)26(23,24)20-15-5-2-10-21(13-15)18(22)9-8-16-6-3-11-25-16/h1,3-4,6-9,11-12,15,20H,2,5,10,13H2. The van der Waals surface area contributed by atoms with E-state index in [9.17, 15) is 17.6 Å². The molecule has 0 saturated carbocycles. The highest BCUT2D eigenvalue weighted by Gasteiger charge is 2.27. The fraction of sp³-hybridized carbons (Fsp3) is 0.278. The Morgan fingerprint density at radius 3 is 2.88 bits per heavy atom. The van der Waals surface area contributed by atoms with Crippen LogP contribution in [0.3, 0.4) is 0 Å². The molecule has 2 aromatic rings. The molecule has 1 aromatic heterocycles. The van der Waals surface area contributed by atoms with Crippen molar-refractivity contribution >= 4 is 22.0 Å². The number of benzene rings is 1. The molecule has 0 radical (unpaired) electrons. The third kappa shape index (κ3) is 4.59. The van der Waals surface area contributed by atoms with Crippen molar-refractivity contribution in [2.45, 2.75) is 23.8 Å². The van der Waals surface area contributed by atoms with Crippen molar-refractivity contribution in [2.24, 2.45) is 0 Å². The van der Waals surface area contributed by atoms with Gasteiger partial charge in [0, 0.05) is 25.2 Å². The van der Waals surface area contributed by atoms with Gasteiger partial charge in [-0.15, -0.1) is 0 Å². The molecule has 1 atom stereocenters. The van der Waals surface area contributed by atoms with E-state index in [1.165, 1.54) is 30.5 Å². The van der Waals surface area contributed by atoms with Gasteiger partial charge in [0.1, 0.15) is 11.6 Å². The van der Waals surface area contributed by atoms with Crippen LogP contribution in [0, 0.1) is 5.82 Å². The van der Waals surface area contributed by atoms with Gasteiger partial charge < -0.3 is 9.32 Å². The molecule has 0 bridgehead atoms. The minimum atomic E-state index is -3.84. The summed E-state index contributed by atoms with van der Waals surface area (Å²) in [5.41, 5.74) is 0. The van der Waals surface area contributed by atoms with E-state index >= 15 is 0 Å². The molecular weight excluding hydrogens is 359 g/mol. The van der Waals surface area contributed by atoms with Crippen molar-refractivity contribution < 1.29 is 22.0 Å². The van der Waals surface area contributed by atoms with E-state index in [1.807, 2.05) is 0 Å². The lowest BCUT2D eigenvalue weighted by molar-refractivity contribution is -0.127. The number of halogens is 1. The van der Waals surface area contributed by atoms with Crippen LogP contribution in [0.5, 0.6) is 0 Å². The number of rotatable bonds is 5. The second kappa shape index (κ2) is 7.84. The molecule has 26 heavy (non-hydrogen) atoms. The highest BCUT2D eigenvalue weighted by molar-refractivity contribution is 7.89. The molecule has 1 N–H and O–H groups in total. The lowest BCUT2D eigenvalue weighted by atomic mass is 10.1.